The highest BCUT2D eigenvalue weighted by molar-refractivity contribution is 8.01. The van der Waals surface area contributed by atoms with Crippen molar-refractivity contribution in [3.63, 3.8) is 0 Å². The summed E-state index contributed by atoms with van der Waals surface area (Å²) in [6.45, 7) is 2.96. The summed E-state index contributed by atoms with van der Waals surface area (Å²) in [5.74, 6) is 0.778. The van der Waals surface area contributed by atoms with Crippen molar-refractivity contribution in [3.05, 3.63) is 30.3 Å². The Balaban J connectivity index is 1.42. The van der Waals surface area contributed by atoms with Crippen LogP contribution in [0.2, 0.25) is 0 Å². The molecule has 1 aliphatic heterocycles. The fraction of sp³-hybridized carbons (Fsp3) is 0.684. The maximum Gasteiger partial charge on any atom is 0.420 e. The van der Waals surface area contributed by atoms with E-state index in [1.165, 1.54) is 69.8 Å². The molecule has 130 valence electrons. The van der Waals surface area contributed by atoms with Gasteiger partial charge in [-0.05, 0) is 18.6 Å². The van der Waals surface area contributed by atoms with Gasteiger partial charge in [0.25, 0.3) is 0 Å². The molecule has 1 aliphatic rings. The van der Waals surface area contributed by atoms with Gasteiger partial charge >= 0.3 is 5.31 Å². The summed E-state index contributed by atoms with van der Waals surface area (Å²) in [6, 6.07) is 9.67. The summed E-state index contributed by atoms with van der Waals surface area (Å²) in [6.07, 6.45) is 13.3. The van der Waals surface area contributed by atoms with E-state index >= 15 is 0 Å². The highest BCUT2D eigenvalue weighted by atomic mass is 32.2. The molecule has 1 unspecified atom stereocenters. The van der Waals surface area contributed by atoms with Crippen LogP contribution in [0.1, 0.15) is 71.1 Å². The molecule has 23 heavy (non-hydrogen) atoms. The van der Waals surface area contributed by atoms with Gasteiger partial charge in [-0.25, -0.2) is 4.18 Å². The first kappa shape index (κ1) is 18.6. The van der Waals surface area contributed by atoms with E-state index in [1.54, 1.807) is 0 Å². The Labute approximate surface area is 145 Å². The number of unbranched alkanes of at least 4 members (excludes halogenated alkanes) is 9. The third kappa shape index (κ3) is 8.09. The van der Waals surface area contributed by atoms with Gasteiger partial charge < -0.3 is 9.47 Å². The highest BCUT2D eigenvalue weighted by Crippen LogP contribution is 2.49. The van der Waals surface area contributed by atoms with Gasteiger partial charge in [0.2, 0.25) is 0 Å². The second-order valence-corrected chi connectivity index (χ2v) is 6.95. The van der Waals surface area contributed by atoms with Crippen LogP contribution in [-0.4, -0.2) is 11.9 Å². The standard InChI is InChI=1S/C19H30O3S/c1-2-3-4-5-6-7-8-9-10-14-17-20-19(22-23-19)21-18-15-12-11-13-16-18/h11-13,15-16H,2-10,14,17H2,1H3. The van der Waals surface area contributed by atoms with E-state index in [-0.39, 0.29) is 0 Å². The van der Waals surface area contributed by atoms with Gasteiger partial charge in [0, 0.05) is 0 Å². The largest absolute Gasteiger partial charge is 0.428 e. The lowest BCUT2D eigenvalue weighted by Gasteiger charge is -2.12. The number of hydrogen-bond donors (Lipinski definition) is 0. The molecule has 0 aromatic heterocycles. The molecule has 1 aromatic rings. The third-order valence-electron chi connectivity index (χ3n) is 3.98. The van der Waals surface area contributed by atoms with Crippen molar-refractivity contribution in [2.75, 3.05) is 6.61 Å². The number of hydrogen-bond acceptors (Lipinski definition) is 4. The lowest BCUT2D eigenvalue weighted by Crippen LogP contribution is -2.22. The Hall–Kier alpha value is -0.710. The Morgan fingerprint density at radius 2 is 1.43 bits per heavy atom. The van der Waals surface area contributed by atoms with E-state index < -0.39 is 5.31 Å². The van der Waals surface area contributed by atoms with Crippen LogP contribution in [-0.2, 0) is 8.92 Å². The predicted octanol–water partition coefficient (Wildman–Crippen LogP) is 6.29. The van der Waals surface area contributed by atoms with E-state index in [9.17, 15) is 0 Å². The van der Waals surface area contributed by atoms with Crippen molar-refractivity contribution in [1.29, 1.82) is 0 Å². The lowest BCUT2D eigenvalue weighted by atomic mass is 10.1. The van der Waals surface area contributed by atoms with Gasteiger partial charge in [-0.15, -0.1) is 0 Å². The van der Waals surface area contributed by atoms with E-state index in [1.807, 2.05) is 30.3 Å². The van der Waals surface area contributed by atoms with Crippen molar-refractivity contribution in [2.45, 2.75) is 76.4 Å². The van der Waals surface area contributed by atoms with Crippen LogP contribution in [0.25, 0.3) is 0 Å². The van der Waals surface area contributed by atoms with Gasteiger partial charge in [-0.2, -0.15) is 0 Å². The smallest absolute Gasteiger partial charge is 0.420 e. The molecule has 1 fully saturated rings. The molecule has 1 aromatic carbocycles. The van der Waals surface area contributed by atoms with Crippen LogP contribution in [0, 0.1) is 0 Å². The fourth-order valence-corrected chi connectivity index (χ4v) is 2.98. The molecular formula is C19H30O3S. The van der Waals surface area contributed by atoms with Crippen molar-refractivity contribution in [3.8, 4) is 5.75 Å². The first-order valence-electron chi connectivity index (χ1n) is 9.09. The van der Waals surface area contributed by atoms with Crippen molar-refractivity contribution in [2.24, 2.45) is 0 Å². The minimum Gasteiger partial charge on any atom is -0.428 e. The summed E-state index contributed by atoms with van der Waals surface area (Å²) < 4.78 is 16.7. The minimum atomic E-state index is -0.888. The number of benzene rings is 1. The van der Waals surface area contributed by atoms with Crippen LogP contribution < -0.4 is 4.74 Å². The average molecular weight is 339 g/mol. The number of ether oxygens (including phenoxy) is 2. The van der Waals surface area contributed by atoms with Crippen LogP contribution >= 0.6 is 12.0 Å². The van der Waals surface area contributed by atoms with Gasteiger partial charge in [0.1, 0.15) is 17.8 Å². The van der Waals surface area contributed by atoms with Gasteiger partial charge in [-0.3, -0.25) is 0 Å². The highest BCUT2D eigenvalue weighted by Gasteiger charge is 2.53. The molecule has 2 rings (SSSR count). The van der Waals surface area contributed by atoms with Crippen molar-refractivity contribution >= 4 is 12.0 Å². The number of rotatable bonds is 14. The third-order valence-corrected chi connectivity index (χ3v) is 4.62. The first-order valence-corrected chi connectivity index (χ1v) is 9.84. The summed E-state index contributed by atoms with van der Waals surface area (Å²) in [5.41, 5.74) is 0. The second kappa shape index (κ2) is 11.0. The van der Waals surface area contributed by atoms with E-state index in [0.29, 0.717) is 6.61 Å². The Bertz CT molecular complexity index is 406. The molecule has 0 saturated carbocycles. The SMILES string of the molecule is CCCCCCCCCCCCOC1(Oc2ccccc2)OS1. The summed E-state index contributed by atoms with van der Waals surface area (Å²) in [7, 11) is 0. The number of para-hydroxylation sites is 1. The Morgan fingerprint density at radius 3 is 2.00 bits per heavy atom. The van der Waals surface area contributed by atoms with Gasteiger partial charge in [0.05, 0.1) is 6.61 Å². The summed E-state index contributed by atoms with van der Waals surface area (Å²) in [5, 5.41) is -0.888. The van der Waals surface area contributed by atoms with Gasteiger partial charge in [0.15, 0.2) is 0 Å². The molecule has 3 nitrogen and oxygen atoms in total. The maximum atomic E-state index is 5.74. The monoisotopic (exact) mass is 338 g/mol. The average Bonchev–Trinajstić information content (AvgIpc) is 3.33. The van der Waals surface area contributed by atoms with Gasteiger partial charge in [-0.1, -0.05) is 82.9 Å². The quantitative estimate of drug-likeness (QED) is 0.172. The molecule has 1 atom stereocenters. The Kier molecular flexibility index (Phi) is 8.87. The van der Waals surface area contributed by atoms with Crippen LogP contribution in [0.3, 0.4) is 0 Å². The summed E-state index contributed by atoms with van der Waals surface area (Å²) in [4.78, 5) is 0. The molecule has 0 spiro atoms. The first-order chi connectivity index (χ1) is 11.3. The molecule has 1 saturated heterocycles. The zero-order valence-corrected chi connectivity index (χ0v) is 15.1. The van der Waals surface area contributed by atoms with E-state index in [2.05, 4.69) is 6.92 Å². The fourth-order valence-electron chi connectivity index (χ4n) is 2.57. The molecule has 4 heteroatoms. The van der Waals surface area contributed by atoms with E-state index in [4.69, 9.17) is 13.7 Å². The molecular weight excluding hydrogens is 308 g/mol. The maximum absolute atomic E-state index is 5.74. The molecule has 0 amide bonds. The molecule has 1 heterocycles. The second-order valence-electron chi connectivity index (χ2n) is 6.11. The van der Waals surface area contributed by atoms with Crippen LogP contribution in [0.5, 0.6) is 5.75 Å². The predicted molar refractivity (Wildman–Crippen MR) is 96.3 cm³/mol. The lowest BCUT2D eigenvalue weighted by molar-refractivity contribution is -0.170. The molecule has 0 aliphatic carbocycles. The van der Waals surface area contributed by atoms with E-state index in [0.717, 1.165) is 12.2 Å². The Morgan fingerprint density at radius 1 is 0.870 bits per heavy atom. The summed E-state index contributed by atoms with van der Waals surface area (Å²) >= 11 is 1.25. The van der Waals surface area contributed by atoms with Crippen molar-refractivity contribution < 1.29 is 13.7 Å². The van der Waals surface area contributed by atoms with Crippen LogP contribution in [0.4, 0.5) is 0 Å². The topological polar surface area (TPSA) is 31.0 Å². The molecule has 0 bridgehead atoms. The molecule has 0 N–H and O–H groups in total. The zero-order valence-electron chi connectivity index (χ0n) is 14.3. The molecule has 0 radical (unpaired) electrons. The normalized spacial score (nSPS) is 19.7. The van der Waals surface area contributed by atoms with Crippen molar-refractivity contribution in [1.82, 2.24) is 0 Å². The zero-order chi connectivity index (χ0) is 16.2. The minimum absolute atomic E-state index is 0.691. The van der Waals surface area contributed by atoms with Crippen LogP contribution in [0.15, 0.2) is 30.3 Å².